The number of nitrogens with one attached hydrogen (secondary N) is 2. The van der Waals surface area contributed by atoms with E-state index in [-0.39, 0.29) is 5.91 Å². The van der Waals surface area contributed by atoms with Crippen LogP contribution in [0, 0.1) is 0 Å². The lowest BCUT2D eigenvalue weighted by Crippen LogP contribution is -2.38. The molecule has 0 unspecified atom stereocenters. The van der Waals surface area contributed by atoms with E-state index < -0.39 is 0 Å². The highest BCUT2D eigenvalue weighted by molar-refractivity contribution is 5.93. The van der Waals surface area contributed by atoms with Crippen LogP contribution in [0.2, 0.25) is 0 Å². The number of hydrogen-bond donors (Lipinski definition) is 2. The lowest BCUT2D eigenvalue weighted by molar-refractivity contribution is 0.0827. The van der Waals surface area contributed by atoms with Crippen molar-refractivity contribution >= 4 is 11.9 Å². The first kappa shape index (κ1) is 18.5. The Morgan fingerprint density at radius 2 is 2.00 bits per heavy atom. The molecule has 0 saturated heterocycles. The van der Waals surface area contributed by atoms with Gasteiger partial charge in [0.15, 0.2) is 5.96 Å². The maximum atomic E-state index is 11.9. The molecule has 0 aliphatic rings. The van der Waals surface area contributed by atoms with Crippen molar-refractivity contribution in [2.24, 2.45) is 4.99 Å². The molecule has 1 aromatic heterocycles. The number of rotatable bonds is 7. The zero-order chi connectivity index (χ0) is 18.1. The van der Waals surface area contributed by atoms with E-state index in [0.29, 0.717) is 12.1 Å². The summed E-state index contributed by atoms with van der Waals surface area (Å²) in [5.41, 5.74) is 1.74. The average molecular weight is 342 g/mol. The molecule has 0 saturated carbocycles. The Hall–Kier alpha value is -2.83. The molecular weight excluding hydrogens is 316 g/mol. The fraction of sp³-hybridized carbons (Fsp3) is 0.389. The third kappa shape index (κ3) is 5.95. The second kappa shape index (κ2) is 9.46. The number of guanidine groups is 1. The molecule has 2 rings (SSSR count). The van der Waals surface area contributed by atoms with Gasteiger partial charge >= 0.3 is 0 Å². The normalized spacial score (nSPS) is 11.2. The molecule has 1 amide bonds. The minimum Gasteiger partial charge on any atom is -0.357 e. The fourth-order valence-electron chi connectivity index (χ4n) is 2.24. The summed E-state index contributed by atoms with van der Waals surface area (Å²) in [6.45, 7) is 4.90. The lowest BCUT2D eigenvalue weighted by Gasteiger charge is -2.12. The molecule has 134 valence electrons. The van der Waals surface area contributed by atoms with Crippen molar-refractivity contribution in [3.05, 3.63) is 53.9 Å². The summed E-state index contributed by atoms with van der Waals surface area (Å²) >= 11 is 0. The van der Waals surface area contributed by atoms with E-state index in [9.17, 15) is 4.79 Å². The fourth-order valence-corrected chi connectivity index (χ4v) is 2.24. The Kier molecular flexibility index (Phi) is 7.00. The number of hydrogen-bond acceptors (Lipinski definition) is 3. The lowest BCUT2D eigenvalue weighted by atomic mass is 10.1. The number of aromatic nitrogens is 2. The van der Waals surface area contributed by atoms with Crippen molar-refractivity contribution in [1.29, 1.82) is 0 Å². The van der Waals surface area contributed by atoms with Crippen molar-refractivity contribution in [3.8, 4) is 0 Å². The first-order chi connectivity index (χ1) is 12.1. The molecule has 0 aliphatic heterocycles. The quantitative estimate of drug-likeness (QED) is 0.588. The summed E-state index contributed by atoms with van der Waals surface area (Å²) in [4.78, 5) is 18.0. The van der Waals surface area contributed by atoms with Gasteiger partial charge in [0.1, 0.15) is 0 Å². The van der Waals surface area contributed by atoms with Gasteiger partial charge in [-0.1, -0.05) is 12.1 Å². The first-order valence-electron chi connectivity index (χ1n) is 8.40. The van der Waals surface area contributed by atoms with E-state index >= 15 is 0 Å². The monoisotopic (exact) mass is 342 g/mol. The Balaban J connectivity index is 1.90. The molecule has 1 aromatic carbocycles. The van der Waals surface area contributed by atoms with E-state index in [4.69, 9.17) is 0 Å². The van der Waals surface area contributed by atoms with Crippen molar-refractivity contribution in [1.82, 2.24) is 25.3 Å². The second-order valence-electron chi connectivity index (χ2n) is 5.79. The maximum absolute atomic E-state index is 11.9. The summed E-state index contributed by atoms with van der Waals surface area (Å²) in [7, 11) is 3.50. The molecule has 0 spiro atoms. The Morgan fingerprint density at radius 1 is 1.24 bits per heavy atom. The molecule has 1 heterocycles. The van der Waals surface area contributed by atoms with E-state index in [1.54, 1.807) is 25.2 Å². The van der Waals surface area contributed by atoms with Gasteiger partial charge in [-0.25, -0.2) is 4.99 Å². The minimum atomic E-state index is 0.00341. The van der Waals surface area contributed by atoms with Crippen LogP contribution in [-0.4, -0.2) is 53.7 Å². The van der Waals surface area contributed by atoms with Crippen LogP contribution in [0.15, 0.2) is 47.7 Å². The number of nitrogens with zero attached hydrogens (tertiary/aromatic N) is 4. The third-order valence-electron chi connectivity index (χ3n) is 3.56. The van der Waals surface area contributed by atoms with Crippen LogP contribution in [0.3, 0.4) is 0 Å². The maximum Gasteiger partial charge on any atom is 0.253 e. The molecule has 0 fully saturated rings. The zero-order valence-electron chi connectivity index (χ0n) is 15.1. The Bertz CT molecular complexity index is 676. The van der Waals surface area contributed by atoms with Crippen LogP contribution in [0.25, 0.3) is 0 Å². The van der Waals surface area contributed by atoms with Gasteiger partial charge in [-0.15, -0.1) is 0 Å². The van der Waals surface area contributed by atoms with Gasteiger partial charge in [-0.05, 0) is 30.7 Å². The van der Waals surface area contributed by atoms with Crippen molar-refractivity contribution in [3.63, 3.8) is 0 Å². The molecule has 7 nitrogen and oxygen atoms in total. The van der Waals surface area contributed by atoms with Gasteiger partial charge in [0.05, 0.1) is 13.1 Å². The van der Waals surface area contributed by atoms with Gasteiger partial charge in [0.25, 0.3) is 5.91 Å². The van der Waals surface area contributed by atoms with E-state index in [2.05, 4.69) is 20.7 Å². The number of carbonyl (C=O) groups is 1. The highest BCUT2D eigenvalue weighted by Crippen LogP contribution is 2.07. The number of benzene rings is 1. The van der Waals surface area contributed by atoms with Gasteiger partial charge in [-0.2, -0.15) is 5.10 Å². The molecule has 2 aromatic rings. The Morgan fingerprint density at radius 3 is 2.60 bits per heavy atom. The minimum absolute atomic E-state index is 0.00341. The summed E-state index contributed by atoms with van der Waals surface area (Å²) in [6, 6.07) is 9.46. The number of amides is 1. The molecule has 25 heavy (non-hydrogen) atoms. The van der Waals surface area contributed by atoms with Gasteiger partial charge in [0.2, 0.25) is 0 Å². The standard InChI is InChI=1S/C18H26N6O/c1-4-19-18(20-11-13-24-12-5-10-22-24)21-14-15-6-8-16(9-7-15)17(25)23(2)3/h5-10,12H,4,11,13-14H2,1-3H3,(H2,19,20,21). The number of carbonyl (C=O) groups excluding carboxylic acids is 1. The van der Waals surface area contributed by atoms with E-state index in [1.807, 2.05) is 48.1 Å². The van der Waals surface area contributed by atoms with Crippen LogP contribution >= 0.6 is 0 Å². The summed E-state index contributed by atoms with van der Waals surface area (Å²) in [6.07, 6.45) is 3.70. The van der Waals surface area contributed by atoms with Crippen LogP contribution in [0.5, 0.6) is 0 Å². The molecular formula is C18H26N6O. The van der Waals surface area contributed by atoms with E-state index in [0.717, 1.165) is 31.2 Å². The zero-order valence-corrected chi connectivity index (χ0v) is 15.1. The van der Waals surface area contributed by atoms with Crippen LogP contribution in [0.1, 0.15) is 22.8 Å². The second-order valence-corrected chi connectivity index (χ2v) is 5.79. The largest absolute Gasteiger partial charge is 0.357 e. The predicted molar refractivity (Wildman–Crippen MR) is 99.5 cm³/mol. The van der Waals surface area contributed by atoms with Gasteiger partial charge < -0.3 is 15.5 Å². The van der Waals surface area contributed by atoms with Gasteiger partial charge in [0, 0.05) is 45.1 Å². The topological polar surface area (TPSA) is 74.6 Å². The molecule has 2 N–H and O–H groups in total. The molecule has 0 radical (unpaired) electrons. The molecule has 7 heteroatoms. The summed E-state index contributed by atoms with van der Waals surface area (Å²) in [5, 5.41) is 10.7. The molecule has 0 bridgehead atoms. The average Bonchev–Trinajstić information content (AvgIpc) is 3.13. The van der Waals surface area contributed by atoms with Crippen LogP contribution in [0.4, 0.5) is 0 Å². The van der Waals surface area contributed by atoms with Gasteiger partial charge in [-0.3, -0.25) is 9.48 Å². The SMILES string of the molecule is CCNC(=NCc1ccc(C(=O)N(C)C)cc1)NCCn1cccn1. The number of aliphatic imine (C=N–C) groups is 1. The van der Waals surface area contributed by atoms with Crippen molar-refractivity contribution in [2.45, 2.75) is 20.0 Å². The summed E-state index contributed by atoms with van der Waals surface area (Å²) < 4.78 is 1.87. The molecule has 0 aliphatic carbocycles. The Labute approximate surface area is 148 Å². The first-order valence-corrected chi connectivity index (χ1v) is 8.40. The highest BCUT2D eigenvalue weighted by atomic mass is 16.2. The van der Waals surface area contributed by atoms with Crippen molar-refractivity contribution < 1.29 is 4.79 Å². The smallest absolute Gasteiger partial charge is 0.253 e. The molecule has 0 atom stereocenters. The third-order valence-corrected chi connectivity index (χ3v) is 3.56. The van der Waals surface area contributed by atoms with Crippen LogP contribution in [-0.2, 0) is 13.1 Å². The van der Waals surface area contributed by atoms with Crippen LogP contribution < -0.4 is 10.6 Å². The predicted octanol–water partition coefficient (Wildman–Crippen LogP) is 1.34. The van der Waals surface area contributed by atoms with Crippen molar-refractivity contribution in [2.75, 3.05) is 27.2 Å². The summed E-state index contributed by atoms with van der Waals surface area (Å²) in [5.74, 6) is 0.770. The highest BCUT2D eigenvalue weighted by Gasteiger charge is 2.07. The van der Waals surface area contributed by atoms with E-state index in [1.165, 1.54) is 0 Å².